The zero-order valence-electron chi connectivity index (χ0n) is 17.1. The molecule has 0 aromatic carbocycles. The van der Waals surface area contributed by atoms with Crippen molar-refractivity contribution in [3.05, 3.63) is 0 Å². The SMILES string of the molecule is CC(=O)OC1C[C@H](C(C)=O)[C@@]2(C)CC[C@H]3[C@@H](CCC4CCCC[C@@]43C)[C@H]12. The fourth-order valence-electron chi connectivity index (χ4n) is 8.29. The summed E-state index contributed by atoms with van der Waals surface area (Å²) >= 11 is 0. The van der Waals surface area contributed by atoms with Crippen molar-refractivity contribution in [3.8, 4) is 0 Å². The predicted octanol–water partition coefficient (Wildman–Crippen LogP) is 5.17. The Hall–Kier alpha value is -0.860. The highest BCUT2D eigenvalue weighted by molar-refractivity contribution is 5.80. The molecule has 0 aromatic rings. The molecular weight excluding hydrogens is 324 g/mol. The fraction of sp³-hybridized carbons (Fsp3) is 0.913. The minimum Gasteiger partial charge on any atom is -0.462 e. The van der Waals surface area contributed by atoms with Gasteiger partial charge in [0.25, 0.3) is 0 Å². The van der Waals surface area contributed by atoms with Gasteiger partial charge in [-0.25, -0.2) is 0 Å². The number of fused-ring (bicyclic) bond motifs is 5. The predicted molar refractivity (Wildman–Crippen MR) is 101 cm³/mol. The van der Waals surface area contributed by atoms with Gasteiger partial charge >= 0.3 is 5.97 Å². The lowest BCUT2D eigenvalue weighted by Gasteiger charge is -2.60. The third kappa shape index (κ3) is 2.59. The normalized spacial score (nSPS) is 50.3. The van der Waals surface area contributed by atoms with E-state index in [2.05, 4.69) is 13.8 Å². The van der Waals surface area contributed by atoms with Crippen LogP contribution in [-0.4, -0.2) is 17.9 Å². The van der Waals surface area contributed by atoms with Gasteiger partial charge in [-0.2, -0.15) is 0 Å². The van der Waals surface area contributed by atoms with Crippen LogP contribution in [0, 0.1) is 40.4 Å². The number of ketones is 1. The summed E-state index contributed by atoms with van der Waals surface area (Å²) in [5.74, 6) is 2.82. The van der Waals surface area contributed by atoms with Gasteiger partial charge in [-0.3, -0.25) is 9.59 Å². The van der Waals surface area contributed by atoms with Crippen molar-refractivity contribution in [3.63, 3.8) is 0 Å². The van der Waals surface area contributed by atoms with Crippen molar-refractivity contribution in [2.24, 2.45) is 40.4 Å². The number of carbonyl (C=O) groups excluding carboxylic acids is 2. The molecule has 3 heteroatoms. The second-order valence-electron chi connectivity index (χ2n) is 10.4. The maximum atomic E-state index is 12.4. The molecule has 0 bridgehead atoms. The van der Waals surface area contributed by atoms with E-state index in [1.807, 2.05) is 0 Å². The van der Waals surface area contributed by atoms with Gasteiger partial charge in [-0.1, -0.05) is 26.7 Å². The molecule has 0 heterocycles. The summed E-state index contributed by atoms with van der Waals surface area (Å²) in [6.07, 6.45) is 11.3. The summed E-state index contributed by atoms with van der Waals surface area (Å²) in [7, 11) is 0. The topological polar surface area (TPSA) is 43.4 Å². The van der Waals surface area contributed by atoms with Crippen molar-refractivity contribution in [2.45, 2.75) is 91.6 Å². The van der Waals surface area contributed by atoms with Crippen LogP contribution in [-0.2, 0) is 14.3 Å². The quantitative estimate of drug-likeness (QED) is 0.638. The van der Waals surface area contributed by atoms with E-state index >= 15 is 0 Å². The Bertz CT molecular complexity index is 598. The fourth-order valence-corrected chi connectivity index (χ4v) is 8.29. The molecule has 2 unspecified atom stereocenters. The van der Waals surface area contributed by atoms with E-state index in [1.165, 1.54) is 51.9 Å². The first-order valence-corrected chi connectivity index (χ1v) is 10.9. The molecule has 146 valence electrons. The first-order valence-electron chi connectivity index (χ1n) is 10.9. The van der Waals surface area contributed by atoms with Gasteiger partial charge in [0, 0.05) is 18.8 Å². The molecule has 4 aliphatic carbocycles. The number of carbonyl (C=O) groups is 2. The second kappa shape index (κ2) is 6.34. The standard InChI is InChI=1S/C23H36O3/c1-14(24)19-13-20(26-15(2)25)21-17-9-8-16-7-5-6-11-22(16,3)18(17)10-12-23(19,21)4/h16-21H,5-13H2,1-4H3/t16?,17-,18+,19-,20?,21-,22+,23-/m1/s1. The Morgan fingerprint density at radius 2 is 1.69 bits per heavy atom. The highest BCUT2D eigenvalue weighted by atomic mass is 16.5. The molecule has 4 fully saturated rings. The van der Waals surface area contributed by atoms with Gasteiger partial charge in [0.1, 0.15) is 11.9 Å². The molecule has 0 radical (unpaired) electrons. The summed E-state index contributed by atoms with van der Waals surface area (Å²) < 4.78 is 5.85. The Morgan fingerprint density at radius 1 is 0.923 bits per heavy atom. The third-order valence-electron chi connectivity index (χ3n) is 9.35. The van der Waals surface area contributed by atoms with Crippen LogP contribution in [0.5, 0.6) is 0 Å². The Balaban J connectivity index is 1.69. The number of hydrogen-bond acceptors (Lipinski definition) is 3. The van der Waals surface area contributed by atoms with Crippen LogP contribution in [0.15, 0.2) is 0 Å². The number of ether oxygens (including phenoxy) is 1. The van der Waals surface area contributed by atoms with Crippen LogP contribution in [0.3, 0.4) is 0 Å². The van der Waals surface area contributed by atoms with Crippen molar-refractivity contribution >= 4 is 11.8 Å². The van der Waals surface area contributed by atoms with Gasteiger partial charge in [-0.15, -0.1) is 0 Å². The van der Waals surface area contributed by atoms with Crippen LogP contribution in [0.1, 0.15) is 85.5 Å². The Kier molecular flexibility index (Phi) is 4.51. The van der Waals surface area contributed by atoms with Crippen molar-refractivity contribution in [1.29, 1.82) is 0 Å². The molecule has 0 N–H and O–H groups in total. The highest BCUT2D eigenvalue weighted by Crippen LogP contribution is 2.67. The van der Waals surface area contributed by atoms with Gasteiger partial charge in [0.2, 0.25) is 0 Å². The second-order valence-corrected chi connectivity index (χ2v) is 10.4. The number of hydrogen-bond donors (Lipinski definition) is 0. The van der Waals surface area contributed by atoms with E-state index in [0.29, 0.717) is 23.0 Å². The molecule has 8 atom stereocenters. The first kappa shape index (κ1) is 18.5. The molecule has 3 nitrogen and oxygen atoms in total. The van der Waals surface area contributed by atoms with Crippen LogP contribution >= 0.6 is 0 Å². The van der Waals surface area contributed by atoms with Crippen molar-refractivity contribution in [1.82, 2.24) is 0 Å². The first-order chi connectivity index (χ1) is 12.3. The van der Waals surface area contributed by atoms with E-state index in [4.69, 9.17) is 4.74 Å². The maximum Gasteiger partial charge on any atom is 0.302 e. The molecule has 4 saturated carbocycles. The largest absolute Gasteiger partial charge is 0.462 e. The molecule has 0 amide bonds. The van der Waals surface area contributed by atoms with Gasteiger partial charge in [0.15, 0.2) is 0 Å². The van der Waals surface area contributed by atoms with Crippen LogP contribution in [0.25, 0.3) is 0 Å². The van der Waals surface area contributed by atoms with Gasteiger partial charge < -0.3 is 4.74 Å². The summed E-state index contributed by atoms with van der Waals surface area (Å²) in [5.41, 5.74) is 0.489. The lowest BCUT2D eigenvalue weighted by Crippen LogP contribution is -2.54. The van der Waals surface area contributed by atoms with Gasteiger partial charge in [-0.05, 0) is 80.5 Å². The molecule has 0 aromatic heterocycles. The smallest absolute Gasteiger partial charge is 0.302 e. The van der Waals surface area contributed by atoms with Gasteiger partial charge in [0.05, 0.1) is 0 Å². The minimum absolute atomic E-state index is 0.0188. The van der Waals surface area contributed by atoms with Crippen LogP contribution in [0.4, 0.5) is 0 Å². The summed E-state index contributed by atoms with van der Waals surface area (Å²) in [6.45, 7) is 8.17. The maximum absolute atomic E-state index is 12.4. The van der Waals surface area contributed by atoms with E-state index in [1.54, 1.807) is 6.92 Å². The van der Waals surface area contributed by atoms with E-state index in [9.17, 15) is 9.59 Å². The lowest BCUT2D eigenvalue weighted by molar-refractivity contribution is -0.161. The average Bonchev–Trinajstić information content (AvgIpc) is 2.86. The summed E-state index contributed by atoms with van der Waals surface area (Å²) in [5, 5.41) is 0. The molecular formula is C23H36O3. The molecule has 0 spiro atoms. The molecule has 0 saturated heterocycles. The number of rotatable bonds is 2. The van der Waals surface area contributed by atoms with Crippen LogP contribution in [0.2, 0.25) is 0 Å². The molecule has 4 aliphatic rings. The molecule has 26 heavy (non-hydrogen) atoms. The molecule has 4 rings (SSSR count). The Morgan fingerprint density at radius 3 is 2.38 bits per heavy atom. The third-order valence-corrected chi connectivity index (χ3v) is 9.35. The minimum atomic E-state index is -0.179. The highest BCUT2D eigenvalue weighted by Gasteiger charge is 2.64. The molecule has 0 aliphatic heterocycles. The zero-order chi connectivity index (χ0) is 18.7. The average molecular weight is 361 g/mol. The summed E-state index contributed by atoms with van der Waals surface area (Å²) in [4.78, 5) is 24.2. The Labute approximate surface area is 158 Å². The number of esters is 1. The monoisotopic (exact) mass is 360 g/mol. The lowest BCUT2D eigenvalue weighted by atomic mass is 9.44. The number of Topliss-reactive ketones (excluding diaryl/α,β-unsaturated/α-hetero) is 1. The van der Waals surface area contributed by atoms with Crippen LogP contribution < -0.4 is 0 Å². The van der Waals surface area contributed by atoms with Crippen molar-refractivity contribution in [2.75, 3.05) is 0 Å². The zero-order valence-corrected chi connectivity index (χ0v) is 17.1. The van der Waals surface area contributed by atoms with Crippen molar-refractivity contribution < 1.29 is 14.3 Å². The van der Waals surface area contributed by atoms with E-state index in [0.717, 1.165) is 24.7 Å². The van der Waals surface area contributed by atoms with E-state index < -0.39 is 0 Å². The summed E-state index contributed by atoms with van der Waals surface area (Å²) in [6, 6.07) is 0. The van der Waals surface area contributed by atoms with E-state index in [-0.39, 0.29) is 23.4 Å².